The number of carbonyl (C=O) groups excluding carboxylic acids is 1. The van der Waals surface area contributed by atoms with Gasteiger partial charge >= 0.3 is 0 Å². The summed E-state index contributed by atoms with van der Waals surface area (Å²) in [5.74, 6) is -0.294. The maximum atomic E-state index is 12.3. The SMILES string of the molecule is CCC(O)C(=O)N(C)c1ccc2cc(-c3n[nH]c4c3CCC(C)(C)C4)[nH]c2c1. The van der Waals surface area contributed by atoms with Crippen LogP contribution in [0.15, 0.2) is 24.3 Å². The van der Waals surface area contributed by atoms with E-state index >= 15 is 0 Å². The third-order valence-electron chi connectivity index (χ3n) is 5.91. The summed E-state index contributed by atoms with van der Waals surface area (Å²) in [5.41, 5.74) is 6.55. The molecule has 148 valence electrons. The lowest BCUT2D eigenvalue weighted by Gasteiger charge is -2.28. The largest absolute Gasteiger partial charge is 0.383 e. The predicted molar refractivity (Wildman–Crippen MR) is 111 cm³/mol. The van der Waals surface area contributed by atoms with Gasteiger partial charge in [0, 0.05) is 34.9 Å². The number of aliphatic hydroxyl groups excluding tert-OH is 1. The van der Waals surface area contributed by atoms with Crippen LogP contribution in [0.3, 0.4) is 0 Å². The molecule has 2 heterocycles. The van der Waals surface area contributed by atoms with Crippen molar-refractivity contribution in [3.8, 4) is 11.4 Å². The van der Waals surface area contributed by atoms with Gasteiger partial charge in [-0.1, -0.05) is 26.8 Å². The molecule has 1 amide bonds. The first-order valence-electron chi connectivity index (χ1n) is 9.94. The molecule has 3 N–H and O–H groups in total. The molecular weight excluding hydrogens is 352 g/mol. The predicted octanol–water partition coefficient (Wildman–Crippen LogP) is 3.81. The molecule has 0 saturated heterocycles. The highest BCUT2D eigenvalue weighted by atomic mass is 16.3. The summed E-state index contributed by atoms with van der Waals surface area (Å²) < 4.78 is 0. The Morgan fingerprint density at radius 2 is 2.14 bits per heavy atom. The number of benzene rings is 1. The van der Waals surface area contributed by atoms with Gasteiger partial charge in [0.25, 0.3) is 5.91 Å². The van der Waals surface area contributed by atoms with Crippen LogP contribution in [0.2, 0.25) is 0 Å². The number of aromatic amines is 2. The molecule has 1 unspecified atom stereocenters. The third kappa shape index (κ3) is 3.22. The molecule has 6 heteroatoms. The van der Waals surface area contributed by atoms with Crippen molar-refractivity contribution >= 4 is 22.5 Å². The van der Waals surface area contributed by atoms with Gasteiger partial charge in [-0.3, -0.25) is 9.89 Å². The van der Waals surface area contributed by atoms with Gasteiger partial charge < -0.3 is 15.0 Å². The van der Waals surface area contributed by atoms with Crippen LogP contribution in [-0.2, 0) is 17.6 Å². The smallest absolute Gasteiger partial charge is 0.255 e. The molecule has 1 aliphatic carbocycles. The van der Waals surface area contributed by atoms with Gasteiger partial charge in [-0.05, 0) is 49.3 Å². The summed E-state index contributed by atoms with van der Waals surface area (Å²) in [6, 6.07) is 7.96. The highest BCUT2D eigenvalue weighted by Gasteiger charge is 2.29. The van der Waals surface area contributed by atoms with Crippen molar-refractivity contribution in [1.29, 1.82) is 0 Å². The van der Waals surface area contributed by atoms with Crippen molar-refractivity contribution < 1.29 is 9.90 Å². The normalized spacial score (nSPS) is 16.8. The number of rotatable bonds is 4. The van der Waals surface area contributed by atoms with E-state index in [1.165, 1.54) is 16.2 Å². The van der Waals surface area contributed by atoms with Crippen LogP contribution in [0.4, 0.5) is 5.69 Å². The van der Waals surface area contributed by atoms with E-state index in [1.54, 1.807) is 14.0 Å². The zero-order valence-corrected chi connectivity index (χ0v) is 17.0. The van der Waals surface area contributed by atoms with E-state index in [0.717, 1.165) is 47.2 Å². The number of hydrogen-bond acceptors (Lipinski definition) is 3. The number of anilines is 1. The molecule has 0 aliphatic heterocycles. The number of fused-ring (bicyclic) bond motifs is 2. The van der Waals surface area contributed by atoms with Crippen molar-refractivity contribution in [3.63, 3.8) is 0 Å². The summed E-state index contributed by atoms with van der Waals surface area (Å²) in [7, 11) is 1.69. The number of nitrogens with one attached hydrogen (secondary N) is 2. The van der Waals surface area contributed by atoms with Gasteiger partial charge in [-0.15, -0.1) is 0 Å². The van der Waals surface area contributed by atoms with E-state index in [2.05, 4.69) is 35.1 Å². The number of aliphatic hydroxyl groups is 1. The summed E-state index contributed by atoms with van der Waals surface area (Å²) in [6.07, 6.45) is 2.63. The van der Waals surface area contributed by atoms with E-state index in [4.69, 9.17) is 0 Å². The van der Waals surface area contributed by atoms with E-state index in [0.29, 0.717) is 11.8 Å². The molecule has 0 spiro atoms. The summed E-state index contributed by atoms with van der Waals surface area (Å²) >= 11 is 0. The number of H-pyrrole nitrogens is 2. The van der Waals surface area contributed by atoms with Crippen molar-refractivity contribution in [2.45, 2.75) is 52.6 Å². The molecule has 4 rings (SSSR count). The lowest BCUT2D eigenvalue weighted by Crippen LogP contribution is -2.35. The van der Waals surface area contributed by atoms with E-state index in [-0.39, 0.29) is 5.91 Å². The molecule has 6 nitrogen and oxygen atoms in total. The van der Waals surface area contributed by atoms with E-state index < -0.39 is 6.10 Å². The number of amides is 1. The van der Waals surface area contributed by atoms with E-state index in [9.17, 15) is 9.90 Å². The van der Waals surface area contributed by atoms with Crippen LogP contribution in [0.25, 0.3) is 22.3 Å². The molecule has 3 aromatic rings. The van der Waals surface area contributed by atoms with Crippen molar-refractivity contribution in [3.05, 3.63) is 35.5 Å². The van der Waals surface area contributed by atoms with Gasteiger partial charge in [0.15, 0.2) is 0 Å². The van der Waals surface area contributed by atoms with Gasteiger partial charge in [0.05, 0.1) is 5.69 Å². The maximum absolute atomic E-state index is 12.3. The summed E-state index contributed by atoms with van der Waals surface area (Å²) in [5, 5.41) is 18.7. The lowest BCUT2D eigenvalue weighted by molar-refractivity contribution is -0.126. The standard InChI is InChI=1S/C22H28N4O2/c1-5-19(27)21(28)26(4)14-7-6-13-10-17(23-16(13)11-14)20-15-8-9-22(2,3)12-18(15)24-25-20/h6-7,10-11,19,23,27H,5,8-9,12H2,1-4H3,(H,24,25). The zero-order chi connectivity index (χ0) is 20.1. The highest BCUT2D eigenvalue weighted by molar-refractivity contribution is 5.98. The van der Waals surface area contributed by atoms with Crippen LogP contribution in [0, 0.1) is 5.41 Å². The van der Waals surface area contributed by atoms with Crippen LogP contribution in [0.5, 0.6) is 0 Å². The Labute approximate surface area is 165 Å². The number of hydrogen-bond donors (Lipinski definition) is 3. The van der Waals surface area contributed by atoms with Crippen LogP contribution in [0.1, 0.15) is 44.9 Å². The quantitative estimate of drug-likeness (QED) is 0.643. The molecule has 0 bridgehead atoms. The molecule has 28 heavy (non-hydrogen) atoms. The summed E-state index contributed by atoms with van der Waals surface area (Å²) in [6.45, 7) is 6.39. The summed E-state index contributed by atoms with van der Waals surface area (Å²) in [4.78, 5) is 17.2. The second-order valence-electron chi connectivity index (χ2n) is 8.65. The first-order valence-corrected chi connectivity index (χ1v) is 9.94. The first kappa shape index (κ1) is 18.7. The third-order valence-corrected chi connectivity index (χ3v) is 5.91. The monoisotopic (exact) mass is 380 g/mol. The van der Waals surface area contributed by atoms with Crippen molar-refractivity contribution in [2.75, 3.05) is 11.9 Å². The molecule has 1 aliphatic rings. The molecule has 0 fully saturated rings. The molecule has 0 radical (unpaired) electrons. The first-order chi connectivity index (χ1) is 13.3. The molecule has 0 saturated carbocycles. The second kappa shape index (κ2) is 6.78. The van der Waals surface area contributed by atoms with Gasteiger partial charge in [0.1, 0.15) is 11.8 Å². The van der Waals surface area contributed by atoms with Gasteiger partial charge in [0.2, 0.25) is 0 Å². The minimum atomic E-state index is -0.972. The van der Waals surface area contributed by atoms with Crippen LogP contribution in [-0.4, -0.2) is 39.3 Å². The zero-order valence-electron chi connectivity index (χ0n) is 17.0. The lowest BCUT2D eigenvalue weighted by atomic mass is 9.76. The van der Waals surface area contributed by atoms with Crippen LogP contribution < -0.4 is 4.90 Å². The minimum Gasteiger partial charge on any atom is -0.383 e. The fourth-order valence-corrected chi connectivity index (χ4v) is 4.05. The number of carbonyl (C=O) groups is 1. The molecule has 2 aromatic heterocycles. The Kier molecular flexibility index (Phi) is 4.54. The molecular formula is C22H28N4O2. The Morgan fingerprint density at radius 3 is 2.89 bits per heavy atom. The number of likely N-dealkylation sites (N-methyl/N-ethyl adjacent to an activating group) is 1. The Balaban J connectivity index is 1.67. The molecule has 1 atom stereocenters. The minimum absolute atomic E-state index is 0.294. The van der Waals surface area contributed by atoms with Crippen molar-refractivity contribution in [1.82, 2.24) is 15.2 Å². The number of nitrogens with zero attached hydrogens (tertiary/aromatic N) is 2. The van der Waals surface area contributed by atoms with Gasteiger partial charge in [-0.2, -0.15) is 5.10 Å². The van der Waals surface area contributed by atoms with Crippen LogP contribution >= 0.6 is 0 Å². The fraction of sp³-hybridized carbons (Fsp3) is 0.455. The Hall–Kier alpha value is -2.60. The van der Waals surface area contributed by atoms with Gasteiger partial charge in [-0.25, -0.2) is 0 Å². The maximum Gasteiger partial charge on any atom is 0.255 e. The second-order valence-corrected chi connectivity index (χ2v) is 8.65. The van der Waals surface area contributed by atoms with Crippen molar-refractivity contribution in [2.24, 2.45) is 5.41 Å². The van der Waals surface area contributed by atoms with E-state index in [1.807, 2.05) is 18.2 Å². The Morgan fingerprint density at radius 1 is 1.36 bits per heavy atom. The fourth-order valence-electron chi connectivity index (χ4n) is 4.05. The Bertz CT molecular complexity index is 1030. The topological polar surface area (TPSA) is 85.0 Å². The molecule has 1 aromatic carbocycles. The highest BCUT2D eigenvalue weighted by Crippen LogP contribution is 2.38. The average Bonchev–Trinajstić information content (AvgIpc) is 3.27. The average molecular weight is 380 g/mol. The number of aromatic nitrogens is 3.